The first kappa shape index (κ1) is 11.7. The first-order valence-electron chi connectivity index (χ1n) is 5.93. The quantitative estimate of drug-likeness (QED) is 0.810. The van der Waals surface area contributed by atoms with E-state index in [1.165, 1.54) is 5.69 Å². The molecule has 0 spiro atoms. The van der Waals surface area contributed by atoms with E-state index in [1.807, 2.05) is 32.4 Å². The molecule has 1 N–H and O–H groups in total. The van der Waals surface area contributed by atoms with Crippen molar-refractivity contribution in [3.05, 3.63) is 36.0 Å². The van der Waals surface area contributed by atoms with Crippen LogP contribution in [0.2, 0.25) is 0 Å². The SMILES string of the molecule is CN(C)c1ccc(N/C=C2/CCCC2=O)cc1. The molecule has 1 aliphatic carbocycles. The molecule has 0 aromatic heterocycles. The van der Waals surface area contributed by atoms with Crippen molar-refractivity contribution in [2.75, 3.05) is 24.3 Å². The maximum Gasteiger partial charge on any atom is 0.160 e. The Balaban J connectivity index is 2.02. The topological polar surface area (TPSA) is 32.3 Å². The number of ketones is 1. The third-order valence-corrected chi connectivity index (χ3v) is 3.00. The zero-order valence-corrected chi connectivity index (χ0v) is 10.4. The number of Topliss-reactive ketones (excluding diaryl/α,β-unsaturated/α-hetero) is 1. The molecule has 1 aromatic rings. The molecule has 0 amide bonds. The summed E-state index contributed by atoms with van der Waals surface area (Å²) in [5.41, 5.74) is 3.10. The molecule has 0 radical (unpaired) electrons. The summed E-state index contributed by atoms with van der Waals surface area (Å²) in [5, 5.41) is 3.18. The van der Waals surface area contributed by atoms with Gasteiger partial charge in [-0.25, -0.2) is 0 Å². The number of nitrogens with one attached hydrogen (secondary N) is 1. The van der Waals surface area contributed by atoms with E-state index in [0.717, 1.165) is 24.1 Å². The lowest BCUT2D eigenvalue weighted by atomic mass is 10.2. The van der Waals surface area contributed by atoms with Crippen molar-refractivity contribution in [3.8, 4) is 0 Å². The average molecular weight is 230 g/mol. The number of hydrogen-bond donors (Lipinski definition) is 1. The van der Waals surface area contributed by atoms with Crippen molar-refractivity contribution in [2.24, 2.45) is 0 Å². The van der Waals surface area contributed by atoms with E-state index in [9.17, 15) is 4.79 Å². The third-order valence-electron chi connectivity index (χ3n) is 3.00. The Morgan fingerprint density at radius 1 is 1.18 bits per heavy atom. The van der Waals surface area contributed by atoms with Crippen LogP contribution in [0.4, 0.5) is 11.4 Å². The van der Waals surface area contributed by atoms with Crippen molar-refractivity contribution in [2.45, 2.75) is 19.3 Å². The van der Waals surface area contributed by atoms with Gasteiger partial charge in [0.25, 0.3) is 0 Å². The van der Waals surface area contributed by atoms with Crippen molar-refractivity contribution >= 4 is 17.2 Å². The molecule has 0 unspecified atom stereocenters. The molecule has 1 saturated carbocycles. The standard InChI is InChI=1S/C14H18N2O/c1-16(2)13-8-6-12(7-9-13)15-10-11-4-3-5-14(11)17/h6-10,15H,3-5H2,1-2H3/b11-10-. The fourth-order valence-electron chi connectivity index (χ4n) is 1.92. The van der Waals surface area contributed by atoms with Crippen LogP contribution in [-0.2, 0) is 4.79 Å². The van der Waals surface area contributed by atoms with Gasteiger partial charge in [0, 0.05) is 43.7 Å². The van der Waals surface area contributed by atoms with E-state index < -0.39 is 0 Å². The van der Waals surface area contributed by atoms with Gasteiger partial charge < -0.3 is 10.2 Å². The van der Waals surface area contributed by atoms with Crippen LogP contribution >= 0.6 is 0 Å². The van der Waals surface area contributed by atoms with Crippen LogP contribution in [-0.4, -0.2) is 19.9 Å². The van der Waals surface area contributed by atoms with E-state index in [4.69, 9.17) is 0 Å². The average Bonchev–Trinajstić information content (AvgIpc) is 2.73. The smallest absolute Gasteiger partial charge is 0.160 e. The summed E-state index contributed by atoms with van der Waals surface area (Å²) in [5.74, 6) is 0.280. The Hall–Kier alpha value is -1.77. The normalized spacial score (nSPS) is 17.5. The lowest BCUT2D eigenvalue weighted by molar-refractivity contribution is -0.114. The fraction of sp³-hybridized carbons (Fsp3) is 0.357. The zero-order chi connectivity index (χ0) is 12.3. The molecule has 0 aliphatic heterocycles. The second-order valence-electron chi connectivity index (χ2n) is 4.53. The molecular weight excluding hydrogens is 212 g/mol. The highest BCUT2D eigenvalue weighted by Crippen LogP contribution is 2.21. The van der Waals surface area contributed by atoms with Gasteiger partial charge in [0.05, 0.1) is 0 Å². The Morgan fingerprint density at radius 2 is 1.88 bits per heavy atom. The van der Waals surface area contributed by atoms with Gasteiger partial charge in [0.2, 0.25) is 0 Å². The van der Waals surface area contributed by atoms with Crippen LogP contribution in [0, 0.1) is 0 Å². The molecule has 1 aromatic carbocycles. The first-order valence-corrected chi connectivity index (χ1v) is 5.93. The highest BCUT2D eigenvalue weighted by molar-refractivity contribution is 5.97. The lowest BCUT2D eigenvalue weighted by Crippen LogP contribution is -2.08. The Kier molecular flexibility index (Phi) is 3.47. The van der Waals surface area contributed by atoms with Crippen molar-refractivity contribution in [1.29, 1.82) is 0 Å². The fourth-order valence-corrected chi connectivity index (χ4v) is 1.92. The zero-order valence-electron chi connectivity index (χ0n) is 10.4. The predicted molar refractivity (Wildman–Crippen MR) is 71.3 cm³/mol. The van der Waals surface area contributed by atoms with Crippen LogP contribution in [0.25, 0.3) is 0 Å². The van der Waals surface area contributed by atoms with E-state index >= 15 is 0 Å². The maximum absolute atomic E-state index is 11.4. The number of rotatable bonds is 3. The number of allylic oxidation sites excluding steroid dienone is 1. The number of hydrogen-bond acceptors (Lipinski definition) is 3. The van der Waals surface area contributed by atoms with Crippen LogP contribution in [0.15, 0.2) is 36.0 Å². The van der Waals surface area contributed by atoms with E-state index in [2.05, 4.69) is 22.3 Å². The Morgan fingerprint density at radius 3 is 2.41 bits per heavy atom. The minimum atomic E-state index is 0.280. The summed E-state index contributed by atoms with van der Waals surface area (Å²) in [7, 11) is 4.03. The van der Waals surface area contributed by atoms with Gasteiger partial charge in [-0.2, -0.15) is 0 Å². The molecule has 1 aliphatic rings. The molecule has 1 fully saturated rings. The van der Waals surface area contributed by atoms with Crippen LogP contribution < -0.4 is 10.2 Å². The van der Waals surface area contributed by atoms with Crippen LogP contribution in [0.5, 0.6) is 0 Å². The minimum absolute atomic E-state index is 0.280. The number of anilines is 2. The maximum atomic E-state index is 11.4. The second kappa shape index (κ2) is 5.04. The summed E-state index contributed by atoms with van der Waals surface area (Å²) >= 11 is 0. The minimum Gasteiger partial charge on any atom is -0.378 e. The summed E-state index contributed by atoms with van der Waals surface area (Å²) in [4.78, 5) is 13.5. The highest BCUT2D eigenvalue weighted by atomic mass is 16.1. The second-order valence-corrected chi connectivity index (χ2v) is 4.53. The monoisotopic (exact) mass is 230 g/mol. The molecule has 3 nitrogen and oxygen atoms in total. The molecule has 0 saturated heterocycles. The van der Waals surface area contributed by atoms with E-state index in [-0.39, 0.29) is 5.78 Å². The molecule has 2 rings (SSSR count). The summed E-state index contributed by atoms with van der Waals surface area (Å²) in [6.07, 6.45) is 4.45. The molecular formula is C14H18N2O. The summed E-state index contributed by atoms with van der Waals surface area (Å²) in [6.45, 7) is 0. The van der Waals surface area contributed by atoms with Gasteiger partial charge in [-0.15, -0.1) is 0 Å². The number of carbonyl (C=O) groups excluding carboxylic acids is 1. The predicted octanol–water partition coefficient (Wildman–Crippen LogP) is 2.80. The van der Waals surface area contributed by atoms with E-state index in [1.54, 1.807) is 0 Å². The van der Waals surface area contributed by atoms with Crippen LogP contribution in [0.1, 0.15) is 19.3 Å². The van der Waals surface area contributed by atoms with Crippen molar-refractivity contribution < 1.29 is 4.79 Å². The molecule has 0 atom stereocenters. The Labute approximate surface area is 102 Å². The molecule has 0 bridgehead atoms. The van der Waals surface area contributed by atoms with Gasteiger partial charge in [0.1, 0.15) is 0 Å². The third kappa shape index (κ3) is 2.87. The van der Waals surface area contributed by atoms with Gasteiger partial charge >= 0.3 is 0 Å². The van der Waals surface area contributed by atoms with Gasteiger partial charge in [-0.3, -0.25) is 4.79 Å². The van der Waals surface area contributed by atoms with Gasteiger partial charge in [-0.1, -0.05) is 0 Å². The molecule has 3 heteroatoms. The molecule has 90 valence electrons. The Bertz CT molecular complexity index is 432. The summed E-state index contributed by atoms with van der Waals surface area (Å²) < 4.78 is 0. The number of nitrogens with zero attached hydrogens (tertiary/aromatic N) is 1. The molecule has 0 heterocycles. The number of carbonyl (C=O) groups is 1. The first-order chi connectivity index (χ1) is 8.16. The van der Waals surface area contributed by atoms with Crippen molar-refractivity contribution in [3.63, 3.8) is 0 Å². The van der Waals surface area contributed by atoms with Crippen LogP contribution in [0.3, 0.4) is 0 Å². The summed E-state index contributed by atoms with van der Waals surface area (Å²) in [6, 6.07) is 8.15. The lowest BCUT2D eigenvalue weighted by Gasteiger charge is -2.12. The van der Waals surface area contributed by atoms with Gasteiger partial charge in [0.15, 0.2) is 5.78 Å². The number of benzene rings is 1. The highest BCUT2D eigenvalue weighted by Gasteiger charge is 2.16. The van der Waals surface area contributed by atoms with Gasteiger partial charge in [-0.05, 0) is 37.1 Å². The van der Waals surface area contributed by atoms with Crippen molar-refractivity contribution in [1.82, 2.24) is 0 Å². The molecule has 17 heavy (non-hydrogen) atoms. The van der Waals surface area contributed by atoms with E-state index in [0.29, 0.717) is 6.42 Å². The largest absolute Gasteiger partial charge is 0.378 e.